The number of hydrogen-bond acceptors (Lipinski definition) is 4. The van der Waals surface area contributed by atoms with Crippen molar-refractivity contribution in [1.82, 2.24) is 20.1 Å². The van der Waals surface area contributed by atoms with E-state index >= 15 is 0 Å². The van der Waals surface area contributed by atoms with E-state index in [2.05, 4.69) is 27.6 Å². The van der Waals surface area contributed by atoms with Crippen molar-refractivity contribution in [3.05, 3.63) is 36.9 Å². The summed E-state index contributed by atoms with van der Waals surface area (Å²) in [5.74, 6) is -0.417. The maximum Gasteiger partial charge on any atom is 0.246 e. The Balaban J connectivity index is 1.87. The molecule has 2 atom stereocenters. The molecule has 7 heteroatoms. The monoisotopic (exact) mass is 343 g/mol. The number of aromatic nitrogens is 3. The Bertz CT molecular complexity index is 682. The highest BCUT2D eigenvalue weighted by Crippen LogP contribution is 2.13. The third kappa shape index (κ3) is 5.41. The van der Waals surface area contributed by atoms with Gasteiger partial charge in [0.1, 0.15) is 18.7 Å². The quantitative estimate of drug-likeness (QED) is 0.771. The normalized spacial score (nSPS) is 13.1. The molecule has 0 fully saturated rings. The molecule has 2 amide bonds. The van der Waals surface area contributed by atoms with Crippen LogP contribution in [0.25, 0.3) is 5.69 Å². The van der Waals surface area contributed by atoms with E-state index in [-0.39, 0.29) is 17.7 Å². The molecule has 0 radical (unpaired) electrons. The van der Waals surface area contributed by atoms with Crippen molar-refractivity contribution in [1.29, 1.82) is 0 Å². The molecule has 2 N–H and O–H groups in total. The molecule has 0 saturated carbocycles. The molecule has 2 rings (SSSR count). The van der Waals surface area contributed by atoms with Crippen LogP contribution >= 0.6 is 0 Å². The average molecular weight is 343 g/mol. The van der Waals surface area contributed by atoms with Crippen molar-refractivity contribution >= 4 is 17.5 Å². The third-order valence-corrected chi connectivity index (χ3v) is 4.01. The third-order valence-electron chi connectivity index (χ3n) is 4.01. The van der Waals surface area contributed by atoms with E-state index in [9.17, 15) is 9.59 Å². The highest BCUT2D eigenvalue weighted by atomic mass is 16.2. The minimum Gasteiger partial charge on any atom is -0.344 e. The van der Waals surface area contributed by atoms with Crippen LogP contribution in [0.3, 0.4) is 0 Å². The second kappa shape index (κ2) is 8.96. The lowest BCUT2D eigenvalue weighted by Gasteiger charge is -2.17. The van der Waals surface area contributed by atoms with Crippen molar-refractivity contribution < 1.29 is 9.59 Å². The molecule has 0 saturated heterocycles. The highest BCUT2D eigenvalue weighted by molar-refractivity contribution is 5.97. The predicted molar refractivity (Wildman–Crippen MR) is 96.3 cm³/mol. The minimum atomic E-state index is -0.591. The first-order chi connectivity index (χ1) is 12.0. The van der Waals surface area contributed by atoms with Crippen LogP contribution in [0.1, 0.15) is 40.0 Å². The summed E-state index contributed by atoms with van der Waals surface area (Å²) in [6.07, 6.45) is 5.96. The van der Waals surface area contributed by atoms with E-state index < -0.39 is 6.04 Å². The molecular formula is C18H25N5O2. The van der Waals surface area contributed by atoms with Crippen molar-refractivity contribution in [3.8, 4) is 5.69 Å². The lowest BCUT2D eigenvalue weighted by Crippen LogP contribution is -2.43. The van der Waals surface area contributed by atoms with Gasteiger partial charge in [-0.3, -0.25) is 9.59 Å². The number of rotatable bonds is 8. The van der Waals surface area contributed by atoms with Gasteiger partial charge in [-0.05, 0) is 37.6 Å². The first-order valence-electron chi connectivity index (χ1n) is 8.57. The first-order valence-corrected chi connectivity index (χ1v) is 8.57. The van der Waals surface area contributed by atoms with Crippen molar-refractivity contribution in [2.24, 2.45) is 5.92 Å². The van der Waals surface area contributed by atoms with Crippen LogP contribution in [-0.4, -0.2) is 32.6 Å². The number of amides is 2. The number of anilines is 1. The molecule has 7 nitrogen and oxygen atoms in total. The molecule has 0 aliphatic heterocycles. The SMILES string of the molecule is CCCC[C@@H](C)C(=O)N[C@H](C)C(=O)Nc1ccc(-n2cncn2)cc1. The summed E-state index contributed by atoms with van der Waals surface area (Å²) < 4.78 is 1.63. The van der Waals surface area contributed by atoms with Crippen LogP contribution in [0.5, 0.6) is 0 Å². The van der Waals surface area contributed by atoms with Crippen LogP contribution in [0.4, 0.5) is 5.69 Å². The van der Waals surface area contributed by atoms with Crippen LogP contribution in [0.15, 0.2) is 36.9 Å². The Labute approximate surface area is 147 Å². The minimum absolute atomic E-state index is 0.0855. The van der Waals surface area contributed by atoms with Gasteiger partial charge in [-0.25, -0.2) is 9.67 Å². The Morgan fingerprint density at radius 3 is 2.48 bits per heavy atom. The zero-order valence-electron chi connectivity index (χ0n) is 14.9. The maximum atomic E-state index is 12.2. The molecule has 0 spiro atoms. The van der Waals surface area contributed by atoms with Crippen LogP contribution in [0, 0.1) is 5.92 Å². The smallest absolute Gasteiger partial charge is 0.246 e. The number of unbranched alkanes of at least 4 members (excludes halogenated alkanes) is 1. The van der Waals surface area contributed by atoms with Gasteiger partial charge in [0, 0.05) is 11.6 Å². The molecule has 1 heterocycles. The van der Waals surface area contributed by atoms with Gasteiger partial charge >= 0.3 is 0 Å². The summed E-state index contributed by atoms with van der Waals surface area (Å²) in [6.45, 7) is 5.66. The first kappa shape index (κ1) is 18.6. The van der Waals surface area contributed by atoms with E-state index in [1.54, 1.807) is 30.1 Å². The Kier molecular flexibility index (Phi) is 6.68. The standard InChI is InChI=1S/C18H25N5O2/c1-4-5-6-13(2)17(24)21-14(3)18(25)22-15-7-9-16(10-8-15)23-12-19-11-20-23/h7-14H,4-6H2,1-3H3,(H,21,24)(H,22,25)/t13-,14-/m1/s1. The number of hydrogen-bond donors (Lipinski definition) is 2. The molecule has 134 valence electrons. The van der Waals surface area contributed by atoms with Gasteiger partial charge < -0.3 is 10.6 Å². The molecule has 0 unspecified atom stereocenters. The molecule has 0 aliphatic rings. The van der Waals surface area contributed by atoms with Gasteiger partial charge in [0.15, 0.2) is 0 Å². The largest absolute Gasteiger partial charge is 0.344 e. The Morgan fingerprint density at radius 1 is 1.16 bits per heavy atom. The molecule has 0 aliphatic carbocycles. The van der Waals surface area contributed by atoms with E-state index in [1.807, 2.05) is 19.1 Å². The topological polar surface area (TPSA) is 88.9 Å². The van der Waals surface area contributed by atoms with Gasteiger partial charge in [0.2, 0.25) is 11.8 Å². The predicted octanol–water partition coefficient (Wildman–Crippen LogP) is 2.54. The molecule has 25 heavy (non-hydrogen) atoms. The number of nitrogens with zero attached hydrogens (tertiary/aromatic N) is 3. The molecule has 1 aromatic heterocycles. The zero-order chi connectivity index (χ0) is 18.2. The van der Waals surface area contributed by atoms with Gasteiger partial charge in [0.05, 0.1) is 5.69 Å². The maximum absolute atomic E-state index is 12.2. The number of carbonyl (C=O) groups is 2. The summed E-state index contributed by atoms with van der Waals surface area (Å²) in [7, 11) is 0. The van der Waals surface area contributed by atoms with Crippen LogP contribution < -0.4 is 10.6 Å². The molecule has 0 bridgehead atoms. The van der Waals surface area contributed by atoms with Crippen molar-refractivity contribution in [2.45, 2.75) is 46.1 Å². The lowest BCUT2D eigenvalue weighted by molar-refractivity contribution is -0.128. The van der Waals surface area contributed by atoms with E-state index in [1.165, 1.54) is 6.33 Å². The van der Waals surface area contributed by atoms with E-state index in [0.717, 1.165) is 24.9 Å². The van der Waals surface area contributed by atoms with Gasteiger partial charge in [-0.2, -0.15) is 5.10 Å². The number of benzene rings is 1. The van der Waals surface area contributed by atoms with Crippen molar-refractivity contribution in [3.63, 3.8) is 0 Å². The molecule has 1 aromatic carbocycles. The van der Waals surface area contributed by atoms with Crippen LogP contribution in [0.2, 0.25) is 0 Å². The summed E-state index contributed by atoms with van der Waals surface area (Å²) in [5, 5.41) is 9.62. The number of nitrogens with one attached hydrogen (secondary N) is 2. The molecule has 2 aromatic rings. The van der Waals surface area contributed by atoms with Gasteiger partial charge in [0.25, 0.3) is 0 Å². The number of carbonyl (C=O) groups excluding carboxylic acids is 2. The summed E-state index contributed by atoms with van der Waals surface area (Å²) in [5.41, 5.74) is 1.51. The zero-order valence-corrected chi connectivity index (χ0v) is 14.9. The van der Waals surface area contributed by atoms with Gasteiger partial charge in [-0.1, -0.05) is 26.7 Å². The Hall–Kier alpha value is -2.70. The average Bonchev–Trinajstić information content (AvgIpc) is 3.14. The summed E-state index contributed by atoms with van der Waals surface area (Å²) in [4.78, 5) is 28.2. The summed E-state index contributed by atoms with van der Waals surface area (Å²) in [6, 6.07) is 6.65. The van der Waals surface area contributed by atoms with E-state index in [4.69, 9.17) is 0 Å². The second-order valence-corrected chi connectivity index (χ2v) is 6.15. The van der Waals surface area contributed by atoms with Crippen LogP contribution in [-0.2, 0) is 9.59 Å². The summed E-state index contributed by atoms with van der Waals surface area (Å²) >= 11 is 0. The lowest BCUT2D eigenvalue weighted by atomic mass is 10.0. The molecular weight excluding hydrogens is 318 g/mol. The van der Waals surface area contributed by atoms with Gasteiger partial charge in [-0.15, -0.1) is 0 Å². The Morgan fingerprint density at radius 2 is 1.88 bits per heavy atom. The highest BCUT2D eigenvalue weighted by Gasteiger charge is 2.19. The fourth-order valence-corrected chi connectivity index (χ4v) is 2.35. The van der Waals surface area contributed by atoms with E-state index in [0.29, 0.717) is 5.69 Å². The fraction of sp³-hybridized carbons (Fsp3) is 0.444. The fourth-order valence-electron chi connectivity index (χ4n) is 2.35. The van der Waals surface area contributed by atoms with Crippen molar-refractivity contribution in [2.75, 3.05) is 5.32 Å². The second-order valence-electron chi connectivity index (χ2n) is 6.15.